The van der Waals surface area contributed by atoms with Crippen molar-refractivity contribution < 1.29 is 4.39 Å². The van der Waals surface area contributed by atoms with Crippen molar-refractivity contribution in [1.29, 1.82) is 0 Å². The molecule has 0 saturated heterocycles. The summed E-state index contributed by atoms with van der Waals surface area (Å²) in [5, 5.41) is 0. The fraction of sp³-hybridized carbons (Fsp3) is 0.600. The number of nitrogen functional groups attached to an aromatic ring is 1. The van der Waals surface area contributed by atoms with E-state index in [9.17, 15) is 4.39 Å². The third kappa shape index (κ3) is 2.80. The van der Waals surface area contributed by atoms with Crippen molar-refractivity contribution in [3.63, 3.8) is 0 Å². The average Bonchev–Trinajstić information content (AvgIpc) is 2.58. The first-order valence-electron chi connectivity index (χ1n) is 6.65. The molecule has 1 nitrogen and oxygen atoms in total. The molecule has 2 rings (SSSR count). The fourth-order valence-corrected chi connectivity index (χ4v) is 2.87. The molecule has 0 radical (unpaired) electrons. The van der Waals surface area contributed by atoms with E-state index in [1.165, 1.54) is 25.7 Å². The van der Waals surface area contributed by atoms with Gasteiger partial charge < -0.3 is 5.73 Å². The molecule has 1 atom stereocenters. The molecular weight excluding hydrogens is 213 g/mol. The Balaban J connectivity index is 2.18. The second kappa shape index (κ2) is 5.07. The Hall–Kier alpha value is -1.05. The monoisotopic (exact) mass is 235 g/mol. The van der Waals surface area contributed by atoms with Crippen molar-refractivity contribution in [2.45, 2.75) is 51.1 Å². The molecule has 2 N–H and O–H groups in total. The van der Waals surface area contributed by atoms with Crippen LogP contribution in [-0.2, 0) is 5.67 Å². The molecule has 94 valence electrons. The zero-order chi connectivity index (χ0) is 12.3. The standard InChI is InChI=1S/C15H22FN/c1-15(16,12-6-4-2-3-5-7-12)13-8-10-14(17)11-9-13/h8-12H,2-7,17H2,1H3. The van der Waals surface area contributed by atoms with Gasteiger partial charge >= 0.3 is 0 Å². The summed E-state index contributed by atoms with van der Waals surface area (Å²) in [6.45, 7) is 1.73. The van der Waals surface area contributed by atoms with E-state index in [2.05, 4.69) is 0 Å². The molecule has 17 heavy (non-hydrogen) atoms. The highest BCUT2D eigenvalue weighted by molar-refractivity contribution is 5.41. The van der Waals surface area contributed by atoms with Crippen molar-refractivity contribution in [3.05, 3.63) is 29.8 Å². The first-order valence-corrected chi connectivity index (χ1v) is 6.65. The lowest BCUT2D eigenvalue weighted by atomic mass is 9.80. The maximum atomic E-state index is 15.0. The van der Waals surface area contributed by atoms with E-state index >= 15 is 0 Å². The summed E-state index contributed by atoms with van der Waals surface area (Å²) in [5.74, 6) is 0.161. The van der Waals surface area contributed by atoms with Gasteiger partial charge in [0.1, 0.15) is 5.67 Å². The molecule has 1 unspecified atom stereocenters. The molecule has 0 aromatic heterocycles. The van der Waals surface area contributed by atoms with Crippen LogP contribution in [0.15, 0.2) is 24.3 Å². The molecule has 0 aliphatic heterocycles. The molecule has 0 heterocycles. The average molecular weight is 235 g/mol. The van der Waals surface area contributed by atoms with Crippen LogP contribution in [0.5, 0.6) is 0 Å². The summed E-state index contributed by atoms with van der Waals surface area (Å²) in [6, 6.07) is 7.26. The van der Waals surface area contributed by atoms with Gasteiger partial charge in [-0.1, -0.05) is 37.8 Å². The zero-order valence-electron chi connectivity index (χ0n) is 10.6. The van der Waals surface area contributed by atoms with E-state index < -0.39 is 5.67 Å². The number of nitrogens with two attached hydrogens (primary N) is 1. The third-order valence-corrected chi connectivity index (χ3v) is 4.10. The van der Waals surface area contributed by atoms with Crippen LogP contribution in [-0.4, -0.2) is 0 Å². The Kier molecular flexibility index (Phi) is 3.70. The van der Waals surface area contributed by atoms with E-state index in [0.717, 1.165) is 18.4 Å². The maximum absolute atomic E-state index is 15.0. The number of alkyl halides is 1. The lowest BCUT2D eigenvalue weighted by molar-refractivity contribution is 0.0887. The van der Waals surface area contributed by atoms with Gasteiger partial charge in [0.25, 0.3) is 0 Å². The third-order valence-electron chi connectivity index (χ3n) is 4.10. The van der Waals surface area contributed by atoms with Gasteiger partial charge in [0.15, 0.2) is 0 Å². The minimum Gasteiger partial charge on any atom is -0.399 e. The Morgan fingerprint density at radius 3 is 2.12 bits per heavy atom. The van der Waals surface area contributed by atoms with E-state index in [0.29, 0.717) is 5.69 Å². The highest BCUT2D eigenvalue weighted by atomic mass is 19.1. The van der Waals surface area contributed by atoms with E-state index in [1.54, 1.807) is 19.1 Å². The largest absolute Gasteiger partial charge is 0.399 e. The summed E-state index contributed by atoms with van der Waals surface area (Å²) < 4.78 is 15.0. The molecule has 1 aromatic rings. The van der Waals surface area contributed by atoms with Crippen LogP contribution in [0.4, 0.5) is 10.1 Å². The molecule has 1 aliphatic carbocycles. The predicted molar refractivity (Wildman–Crippen MR) is 70.5 cm³/mol. The van der Waals surface area contributed by atoms with Gasteiger partial charge in [-0.2, -0.15) is 0 Å². The van der Waals surface area contributed by atoms with Crippen molar-refractivity contribution in [2.24, 2.45) is 5.92 Å². The van der Waals surface area contributed by atoms with Crippen molar-refractivity contribution in [3.8, 4) is 0 Å². The van der Waals surface area contributed by atoms with Gasteiger partial charge in [0, 0.05) is 5.69 Å². The molecule has 1 saturated carbocycles. The molecular formula is C15H22FN. The molecule has 0 bridgehead atoms. The summed E-state index contributed by atoms with van der Waals surface area (Å²) in [7, 11) is 0. The summed E-state index contributed by atoms with van der Waals surface area (Å²) in [4.78, 5) is 0. The normalized spacial score (nSPS) is 21.8. The quantitative estimate of drug-likeness (QED) is 0.596. The lowest BCUT2D eigenvalue weighted by Gasteiger charge is -2.30. The van der Waals surface area contributed by atoms with Crippen LogP contribution in [0.2, 0.25) is 0 Å². The van der Waals surface area contributed by atoms with Crippen LogP contribution in [0.3, 0.4) is 0 Å². The van der Waals surface area contributed by atoms with E-state index in [1.807, 2.05) is 12.1 Å². The van der Waals surface area contributed by atoms with Gasteiger partial charge in [-0.15, -0.1) is 0 Å². The second-order valence-corrected chi connectivity index (χ2v) is 5.39. The first-order chi connectivity index (χ1) is 8.10. The number of halogens is 1. The summed E-state index contributed by atoms with van der Waals surface area (Å²) in [5.41, 5.74) is 5.92. The van der Waals surface area contributed by atoms with Crippen molar-refractivity contribution >= 4 is 5.69 Å². The topological polar surface area (TPSA) is 26.0 Å². The molecule has 1 aliphatic rings. The smallest absolute Gasteiger partial charge is 0.136 e. The Bertz CT molecular complexity index is 348. The SMILES string of the molecule is CC(F)(c1ccc(N)cc1)C1CCCCCC1. The minimum atomic E-state index is -1.21. The van der Waals surface area contributed by atoms with Crippen molar-refractivity contribution in [2.75, 3.05) is 5.73 Å². The first kappa shape index (κ1) is 12.4. The van der Waals surface area contributed by atoms with Crippen LogP contribution < -0.4 is 5.73 Å². The summed E-state index contributed by atoms with van der Waals surface area (Å²) >= 11 is 0. The van der Waals surface area contributed by atoms with Crippen molar-refractivity contribution in [1.82, 2.24) is 0 Å². The molecule has 1 aromatic carbocycles. The summed E-state index contributed by atoms with van der Waals surface area (Å²) in [6.07, 6.45) is 6.87. The number of hydrogen-bond donors (Lipinski definition) is 1. The van der Waals surface area contributed by atoms with Gasteiger partial charge in [-0.3, -0.25) is 0 Å². The van der Waals surface area contributed by atoms with Crippen LogP contribution in [0.1, 0.15) is 51.0 Å². The molecule has 2 heteroatoms. The van der Waals surface area contributed by atoms with Gasteiger partial charge in [-0.05, 0) is 43.4 Å². The molecule has 1 fully saturated rings. The van der Waals surface area contributed by atoms with Crippen LogP contribution >= 0.6 is 0 Å². The maximum Gasteiger partial charge on any atom is 0.136 e. The fourth-order valence-electron chi connectivity index (χ4n) is 2.87. The molecule has 0 amide bonds. The van der Waals surface area contributed by atoms with Crippen LogP contribution in [0.25, 0.3) is 0 Å². The van der Waals surface area contributed by atoms with Gasteiger partial charge in [0.2, 0.25) is 0 Å². The number of rotatable bonds is 2. The van der Waals surface area contributed by atoms with Crippen LogP contribution in [0, 0.1) is 5.92 Å². The predicted octanol–water partition coefficient (Wildman–Crippen LogP) is 4.42. The lowest BCUT2D eigenvalue weighted by Crippen LogP contribution is -2.26. The van der Waals surface area contributed by atoms with E-state index in [-0.39, 0.29) is 5.92 Å². The number of hydrogen-bond acceptors (Lipinski definition) is 1. The Morgan fingerprint density at radius 1 is 1.06 bits per heavy atom. The highest BCUT2D eigenvalue weighted by Crippen LogP contribution is 2.41. The molecule has 0 spiro atoms. The Labute approximate surface area is 103 Å². The van der Waals surface area contributed by atoms with Gasteiger partial charge in [0.05, 0.1) is 0 Å². The highest BCUT2D eigenvalue weighted by Gasteiger charge is 2.35. The second-order valence-electron chi connectivity index (χ2n) is 5.39. The number of benzene rings is 1. The van der Waals surface area contributed by atoms with Gasteiger partial charge in [-0.25, -0.2) is 4.39 Å². The Morgan fingerprint density at radius 2 is 1.59 bits per heavy atom. The van der Waals surface area contributed by atoms with E-state index in [4.69, 9.17) is 5.73 Å². The zero-order valence-corrected chi connectivity index (χ0v) is 10.6. The number of anilines is 1. The minimum absolute atomic E-state index is 0.161.